The Morgan fingerprint density at radius 2 is 2.46 bits per heavy atom. The Morgan fingerprint density at radius 1 is 1.69 bits per heavy atom. The summed E-state index contributed by atoms with van der Waals surface area (Å²) in [6, 6.07) is 1.47. The summed E-state index contributed by atoms with van der Waals surface area (Å²) in [6.45, 7) is 4.07. The molecule has 0 aromatic carbocycles. The van der Waals surface area contributed by atoms with Gasteiger partial charge in [-0.05, 0) is 6.92 Å². The van der Waals surface area contributed by atoms with Gasteiger partial charge in [0.05, 0.1) is 6.33 Å². The van der Waals surface area contributed by atoms with E-state index >= 15 is 0 Å². The molecule has 0 amide bonds. The predicted molar refractivity (Wildman–Crippen MR) is 51.8 cm³/mol. The molecule has 5 nitrogen and oxygen atoms in total. The Balaban J connectivity index is 2.84. The Bertz CT molecular complexity index is 309. The van der Waals surface area contributed by atoms with Gasteiger partial charge in [0.1, 0.15) is 5.82 Å². The SMILES string of the molecule is CCN(CCN)c1cc(=O)[nH]cn1. The smallest absolute Gasteiger partial charge is 0.252 e. The molecular formula is C8H14N4O. The van der Waals surface area contributed by atoms with Gasteiger partial charge in [0.15, 0.2) is 0 Å². The molecule has 0 atom stereocenters. The average Bonchev–Trinajstić information content (AvgIpc) is 2.14. The largest absolute Gasteiger partial charge is 0.355 e. The lowest BCUT2D eigenvalue weighted by molar-refractivity contribution is 0.797. The van der Waals surface area contributed by atoms with Gasteiger partial charge < -0.3 is 15.6 Å². The van der Waals surface area contributed by atoms with Crippen LogP contribution in [0.1, 0.15) is 6.92 Å². The zero-order valence-electron chi connectivity index (χ0n) is 7.66. The zero-order chi connectivity index (χ0) is 9.68. The molecule has 0 spiro atoms. The van der Waals surface area contributed by atoms with Crippen molar-refractivity contribution in [2.75, 3.05) is 24.5 Å². The highest BCUT2D eigenvalue weighted by molar-refractivity contribution is 5.35. The normalized spacial score (nSPS) is 10.0. The lowest BCUT2D eigenvalue weighted by Crippen LogP contribution is -2.30. The van der Waals surface area contributed by atoms with Gasteiger partial charge in [-0.3, -0.25) is 4.79 Å². The maximum absolute atomic E-state index is 11.0. The number of nitrogens with zero attached hydrogens (tertiary/aromatic N) is 2. The summed E-state index contributed by atoms with van der Waals surface area (Å²) in [5, 5.41) is 0. The third kappa shape index (κ3) is 2.55. The van der Waals surface area contributed by atoms with Crippen molar-refractivity contribution in [2.24, 2.45) is 5.73 Å². The van der Waals surface area contributed by atoms with E-state index in [-0.39, 0.29) is 5.56 Å². The number of anilines is 1. The van der Waals surface area contributed by atoms with Crippen molar-refractivity contribution >= 4 is 5.82 Å². The molecule has 72 valence electrons. The zero-order valence-corrected chi connectivity index (χ0v) is 7.66. The van der Waals surface area contributed by atoms with E-state index < -0.39 is 0 Å². The van der Waals surface area contributed by atoms with Crippen LogP contribution in [0.5, 0.6) is 0 Å². The second kappa shape index (κ2) is 4.61. The Labute approximate surface area is 76.6 Å². The van der Waals surface area contributed by atoms with E-state index in [0.717, 1.165) is 6.54 Å². The van der Waals surface area contributed by atoms with Crippen LogP contribution in [0.15, 0.2) is 17.2 Å². The lowest BCUT2D eigenvalue weighted by Gasteiger charge is -2.19. The summed E-state index contributed by atoms with van der Waals surface area (Å²) >= 11 is 0. The molecule has 0 saturated heterocycles. The summed E-state index contributed by atoms with van der Waals surface area (Å²) in [5.41, 5.74) is 5.29. The van der Waals surface area contributed by atoms with E-state index in [4.69, 9.17) is 5.73 Å². The van der Waals surface area contributed by atoms with Crippen LogP contribution in [0.4, 0.5) is 5.82 Å². The summed E-state index contributed by atoms with van der Waals surface area (Å²) in [6.07, 6.45) is 1.40. The molecule has 1 heterocycles. The Morgan fingerprint density at radius 3 is 3.00 bits per heavy atom. The number of H-pyrrole nitrogens is 1. The number of nitrogens with two attached hydrogens (primary N) is 1. The first-order chi connectivity index (χ1) is 6.27. The van der Waals surface area contributed by atoms with Crippen LogP contribution < -0.4 is 16.2 Å². The standard InChI is InChI=1S/C8H14N4O/c1-2-12(4-3-9)7-5-8(13)11-6-10-7/h5-6H,2-4,9H2,1H3,(H,10,11,13). The highest BCUT2D eigenvalue weighted by atomic mass is 16.1. The maximum atomic E-state index is 11.0. The first-order valence-electron chi connectivity index (χ1n) is 4.27. The molecule has 0 aliphatic carbocycles. The third-order valence-electron chi connectivity index (χ3n) is 1.77. The van der Waals surface area contributed by atoms with Gasteiger partial charge in [-0.25, -0.2) is 4.98 Å². The molecule has 0 aliphatic heterocycles. The molecular weight excluding hydrogens is 168 g/mol. The van der Waals surface area contributed by atoms with Crippen molar-refractivity contribution < 1.29 is 0 Å². The number of aromatic nitrogens is 2. The van der Waals surface area contributed by atoms with Crippen LogP contribution in [0, 0.1) is 0 Å². The van der Waals surface area contributed by atoms with E-state index in [0.29, 0.717) is 18.9 Å². The van der Waals surface area contributed by atoms with E-state index in [2.05, 4.69) is 9.97 Å². The van der Waals surface area contributed by atoms with Gasteiger partial charge in [0.2, 0.25) is 0 Å². The number of hydrogen-bond donors (Lipinski definition) is 2. The minimum Gasteiger partial charge on any atom is -0.355 e. The molecule has 1 aromatic heterocycles. The van der Waals surface area contributed by atoms with Crippen LogP contribution in [-0.2, 0) is 0 Å². The van der Waals surface area contributed by atoms with Crippen LogP contribution >= 0.6 is 0 Å². The molecule has 0 saturated carbocycles. The van der Waals surface area contributed by atoms with E-state index in [1.54, 1.807) is 0 Å². The lowest BCUT2D eigenvalue weighted by atomic mass is 10.4. The molecule has 0 radical (unpaired) electrons. The highest BCUT2D eigenvalue weighted by Gasteiger charge is 2.03. The van der Waals surface area contributed by atoms with Gasteiger partial charge in [0, 0.05) is 25.7 Å². The second-order valence-electron chi connectivity index (χ2n) is 2.64. The monoisotopic (exact) mass is 182 g/mol. The fourth-order valence-electron chi connectivity index (χ4n) is 1.12. The summed E-state index contributed by atoms with van der Waals surface area (Å²) < 4.78 is 0. The van der Waals surface area contributed by atoms with Crippen molar-refractivity contribution in [1.29, 1.82) is 0 Å². The summed E-state index contributed by atoms with van der Waals surface area (Å²) in [5.74, 6) is 0.678. The molecule has 0 aliphatic rings. The first-order valence-corrected chi connectivity index (χ1v) is 4.27. The molecule has 5 heteroatoms. The minimum atomic E-state index is -0.138. The Hall–Kier alpha value is -1.36. The predicted octanol–water partition coefficient (Wildman–Crippen LogP) is -0.445. The quantitative estimate of drug-likeness (QED) is 0.661. The van der Waals surface area contributed by atoms with Crippen molar-refractivity contribution in [3.05, 3.63) is 22.7 Å². The summed E-state index contributed by atoms with van der Waals surface area (Å²) in [4.78, 5) is 19.4. The van der Waals surface area contributed by atoms with Crippen LogP contribution in [0.3, 0.4) is 0 Å². The van der Waals surface area contributed by atoms with E-state index in [1.807, 2.05) is 11.8 Å². The molecule has 3 N–H and O–H groups in total. The van der Waals surface area contributed by atoms with Gasteiger partial charge in [-0.1, -0.05) is 0 Å². The number of hydrogen-bond acceptors (Lipinski definition) is 4. The van der Waals surface area contributed by atoms with E-state index in [9.17, 15) is 4.79 Å². The van der Waals surface area contributed by atoms with Crippen molar-refractivity contribution in [3.63, 3.8) is 0 Å². The van der Waals surface area contributed by atoms with Gasteiger partial charge in [-0.2, -0.15) is 0 Å². The topological polar surface area (TPSA) is 75.0 Å². The molecule has 0 fully saturated rings. The number of likely N-dealkylation sites (N-methyl/N-ethyl adjacent to an activating group) is 1. The van der Waals surface area contributed by atoms with Gasteiger partial charge >= 0.3 is 0 Å². The van der Waals surface area contributed by atoms with Crippen molar-refractivity contribution in [1.82, 2.24) is 9.97 Å². The van der Waals surface area contributed by atoms with Gasteiger partial charge in [-0.15, -0.1) is 0 Å². The minimum absolute atomic E-state index is 0.138. The van der Waals surface area contributed by atoms with Gasteiger partial charge in [0.25, 0.3) is 5.56 Å². The van der Waals surface area contributed by atoms with Crippen LogP contribution in [0.25, 0.3) is 0 Å². The Kier molecular flexibility index (Phi) is 3.45. The molecule has 13 heavy (non-hydrogen) atoms. The van der Waals surface area contributed by atoms with Crippen molar-refractivity contribution in [2.45, 2.75) is 6.92 Å². The fourth-order valence-corrected chi connectivity index (χ4v) is 1.12. The number of rotatable bonds is 4. The molecule has 0 bridgehead atoms. The average molecular weight is 182 g/mol. The van der Waals surface area contributed by atoms with Crippen LogP contribution in [0.2, 0.25) is 0 Å². The van der Waals surface area contributed by atoms with E-state index in [1.165, 1.54) is 12.4 Å². The first kappa shape index (κ1) is 9.73. The van der Waals surface area contributed by atoms with Crippen LogP contribution in [-0.4, -0.2) is 29.6 Å². The second-order valence-corrected chi connectivity index (χ2v) is 2.64. The highest BCUT2D eigenvalue weighted by Crippen LogP contribution is 2.03. The maximum Gasteiger partial charge on any atom is 0.252 e. The number of aromatic amines is 1. The fraction of sp³-hybridized carbons (Fsp3) is 0.500. The molecule has 0 unspecified atom stereocenters. The molecule has 1 rings (SSSR count). The van der Waals surface area contributed by atoms with Crippen molar-refractivity contribution in [3.8, 4) is 0 Å². The number of nitrogens with one attached hydrogen (secondary N) is 1. The molecule has 1 aromatic rings. The third-order valence-corrected chi connectivity index (χ3v) is 1.77. The summed E-state index contributed by atoms with van der Waals surface area (Å²) in [7, 11) is 0.